The van der Waals surface area contributed by atoms with Crippen LogP contribution >= 0.6 is 11.6 Å². The van der Waals surface area contributed by atoms with E-state index in [9.17, 15) is 0 Å². The minimum Gasteiger partial charge on any atom is -0.493 e. The number of hydrogen-bond acceptors (Lipinski definition) is 6. The maximum atomic E-state index is 9.10. The molecule has 19 heavy (non-hydrogen) atoms. The van der Waals surface area contributed by atoms with Gasteiger partial charge in [-0.15, -0.1) is 0 Å². The van der Waals surface area contributed by atoms with Crippen molar-refractivity contribution in [3.8, 4) is 11.5 Å². The molecule has 1 aromatic carbocycles. The number of ether oxygens (including phenoxy) is 2. The van der Waals surface area contributed by atoms with Crippen molar-refractivity contribution in [1.29, 1.82) is 0 Å². The Hall–Kier alpha value is -1.79. The number of aliphatic hydroxyl groups excluding tert-OH is 1. The van der Waals surface area contributed by atoms with Crippen LogP contribution in [0.2, 0.25) is 5.02 Å². The third-order valence-electron chi connectivity index (χ3n) is 2.57. The number of methoxy groups -OCH3 is 1. The highest BCUT2D eigenvalue weighted by Gasteiger charge is 2.14. The van der Waals surface area contributed by atoms with Gasteiger partial charge in [-0.3, -0.25) is 0 Å². The van der Waals surface area contributed by atoms with Gasteiger partial charge in [0.15, 0.2) is 11.5 Å². The number of aromatic nitrogens is 2. The Balaban J connectivity index is 2.22. The maximum absolute atomic E-state index is 9.10. The van der Waals surface area contributed by atoms with E-state index in [0.717, 1.165) is 0 Å². The normalized spacial score (nSPS) is 10.5. The Morgan fingerprint density at radius 3 is 2.74 bits per heavy atom. The summed E-state index contributed by atoms with van der Waals surface area (Å²) in [6, 6.07) is 3.28. The van der Waals surface area contributed by atoms with Crippen LogP contribution in [0.5, 0.6) is 11.5 Å². The highest BCUT2D eigenvalue weighted by Crippen LogP contribution is 2.36. The van der Waals surface area contributed by atoms with Crippen LogP contribution in [0.25, 0.3) is 0 Å². The fourth-order valence-electron chi connectivity index (χ4n) is 1.53. The molecule has 0 aliphatic carbocycles. The van der Waals surface area contributed by atoms with E-state index in [1.165, 1.54) is 7.11 Å². The first-order valence-electron chi connectivity index (χ1n) is 5.53. The van der Waals surface area contributed by atoms with Gasteiger partial charge >= 0.3 is 0 Å². The van der Waals surface area contributed by atoms with Crippen molar-refractivity contribution < 1.29 is 19.2 Å². The molecule has 0 bridgehead atoms. The quantitative estimate of drug-likeness (QED) is 0.906. The van der Waals surface area contributed by atoms with Crippen LogP contribution in [0.1, 0.15) is 17.0 Å². The molecule has 0 unspecified atom stereocenters. The van der Waals surface area contributed by atoms with Crippen LogP contribution in [0.4, 0.5) is 0 Å². The van der Waals surface area contributed by atoms with E-state index in [4.69, 9.17) is 26.2 Å². The second kappa shape index (κ2) is 5.90. The monoisotopic (exact) mass is 284 g/mol. The van der Waals surface area contributed by atoms with Crippen LogP contribution in [-0.4, -0.2) is 22.5 Å². The first-order valence-corrected chi connectivity index (χ1v) is 5.91. The third kappa shape index (κ3) is 2.97. The van der Waals surface area contributed by atoms with Gasteiger partial charge in [0.2, 0.25) is 0 Å². The highest BCUT2D eigenvalue weighted by molar-refractivity contribution is 6.32. The lowest BCUT2D eigenvalue weighted by atomic mass is 10.2. The molecule has 0 radical (unpaired) electrons. The summed E-state index contributed by atoms with van der Waals surface area (Å²) in [4.78, 5) is 0. The van der Waals surface area contributed by atoms with E-state index in [2.05, 4.69) is 14.9 Å². The molecule has 0 amide bonds. The lowest BCUT2D eigenvalue weighted by Crippen LogP contribution is -2.01. The largest absolute Gasteiger partial charge is 0.493 e. The number of nitrogens with zero attached hydrogens (tertiary/aromatic N) is 2. The van der Waals surface area contributed by atoms with Crippen molar-refractivity contribution in [2.45, 2.75) is 20.1 Å². The zero-order valence-corrected chi connectivity index (χ0v) is 11.3. The molecule has 6 nitrogen and oxygen atoms in total. The molecule has 1 heterocycles. The minimum atomic E-state index is -0.122. The Morgan fingerprint density at radius 2 is 2.16 bits per heavy atom. The second-order valence-corrected chi connectivity index (χ2v) is 4.26. The average molecular weight is 285 g/mol. The third-order valence-corrected chi connectivity index (χ3v) is 2.85. The van der Waals surface area contributed by atoms with E-state index in [0.29, 0.717) is 33.5 Å². The van der Waals surface area contributed by atoms with Crippen molar-refractivity contribution in [3.05, 3.63) is 34.1 Å². The molecular weight excluding hydrogens is 272 g/mol. The van der Waals surface area contributed by atoms with Gasteiger partial charge in [-0.1, -0.05) is 21.9 Å². The van der Waals surface area contributed by atoms with Gasteiger partial charge in [0.1, 0.15) is 18.0 Å². The molecule has 7 heteroatoms. The lowest BCUT2D eigenvalue weighted by Gasteiger charge is -2.12. The molecule has 0 saturated heterocycles. The molecule has 0 spiro atoms. The number of halogens is 1. The van der Waals surface area contributed by atoms with Crippen LogP contribution < -0.4 is 9.47 Å². The molecule has 1 N–H and O–H groups in total. The number of benzene rings is 1. The first kappa shape index (κ1) is 13.6. The van der Waals surface area contributed by atoms with Crippen LogP contribution in [0.15, 0.2) is 16.8 Å². The topological polar surface area (TPSA) is 77.6 Å². The van der Waals surface area contributed by atoms with Gasteiger partial charge in [-0.2, -0.15) is 0 Å². The second-order valence-electron chi connectivity index (χ2n) is 3.85. The predicted octanol–water partition coefficient (Wildman–Crippen LogP) is 2.11. The fraction of sp³-hybridized carbons (Fsp3) is 0.333. The fourth-order valence-corrected chi connectivity index (χ4v) is 1.81. The van der Waals surface area contributed by atoms with Crippen LogP contribution in [-0.2, 0) is 13.2 Å². The number of aryl methyl sites for hydroxylation is 1. The molecular formula is C12H13ClN2O4. The summed E-state index contributed by atoms with van der Waals surface area (Å²) in [5.41, 5.74) is 1.89. The molecule has 1 aromatic heterocycles. The van der Waals surface area contributed by atoms with Crippen LogP contribution in [0, 0.1) is 6.92 Å². The lowest BCUT2D eigenvalue weighted by molar-refractivity contribution is 0.259. The highest BCUT2D eigenvalue weighted by atomic mass is 35.5. The Labute approximate surface area is 114 Å². The van der Waals surface area contributed by atoms with Gasteiger partial charge in [-0.25, -0.2) is 4.63 Å². The maximum Gasteiger partial charge on any atom is 0.180 e. The molecule has 102 valence electrons. The summed E-state index contributed by atoms with van der Waals surface area (Å²) in [6.07, 6.45) is 0. The van der Waals surface area contributed by atoms with Crippen molar-refractivity contribution in [2.75, 3.05) is 7.11 Å². The Bertz CT molecular complexity index is 571. The Kier molecular flexibility index (Phi) is 4.24. The van der Waals surface area contributed by atoms with Crippen molar-refractivity contribution in [2.24, 2.45) is 0 Å². The van der Waals surface area contributed by atoms with E-state index in [1.807, 2.05) is 0 Å². The van der Waals surface area contributed by atoms with E-state index in [1.54, 1.807) is 19.1 Å². The van der Waals surface area contributed by atoms with Gasteiger partial charge < -0.3 is 14.6 Å². The standard InChI is InChI=1S/C12H13ClN2O4/c1-7-10(15-19-14-7)6-18-12-9(13)3-8(5-16)4-11(12)17-2/h3-4,16H,5-6H2,1-2H3. The zero-order chi connectivity index (χ0) is 13.8. The number of aliphatic hydroxyl groups is 1. The summed E-state index contributed by atoms with van der Waals surface area (Å²) < 4.78 is 15.4. The molecule has 2 rings (SSSR count). The smallest absolute Gasteiger partial charge is 0.180 e. The van der Waals surface area contributed by atoms with Gasteiger partial charge in [0, 0.05) is 0 Å². The number of rotatable bonds is 5. The van der Waals surface area contributed by atoms with Crippen LogP contribution in [0.3, 0.4) is 0 Å². The molecule has 0 saturated carbocycles. The summed E-state index contributed by atoms with van der Waals surface area (Å²) in [5, 5.41) is 16.8. The molecule has 0 fully saturated rings. The Morgan fingerprint density at radius 1 is 1.37 bits per heavy atom. The minimum absolute atomic E-state index is 0.122. The van der Waals surface area contributed by atoms with Gasteiger partial charge in [-0.05, 0) is 24.6 Å². The summed E-state index contributed by atoms with van der Waals surface area (Å²) >= 11 is 6.10. The molecule has 0 aliphatic heterocycles. The van der Waals surface area contributed by atoms with E-state index < -0.39 is 0 Å². The zero-order valence-electron chi connectivity index (χ0n) is 10.5. The van der Waals surface area contributed by atoms with E-state index in [-0.39, 0.29) is 13.2 Å². The predicted molar refractivity (Wildman–Crippen MR) is 67.3 cm³/mol. The number of hydrogen-bond donors (Lipinski definition) is 1. The van der Waals surface area contributed by atoms with Gasteiger partial charge in [0.25, 0.3) is 0 Å². The SMILES string of the molecule is COc1cc(CO)cc(Cl)c1OCc1nonc1C. The van der Waals surface area contributed by atoms with Crippen molar-refractivity contribution >= 4 is 11.6 Å². The van der Waals surface area contributed by atoms with E-state index >= 15 is 0 Å². The molecule has 0 atom stereocenters. The summed E-state index contributed by atoms with van der Waals surface area (Å²) in [6.45, 7) is 1.81. The summed E-state index contributed by atoms with van der Waals surface area (Å²) in [5.74, 6) is 0.842. The van der Waals surface area contributed by atoms with Crippen molar-refractivity contribution in [1.82, 2.24) is 10.3 Å². The molecule has 2 aromatic rings. The van der Waals surface area contributed by atoms with Gasteiger partial charge in [0.05, 0.1) is 18.7 Å². The molecule has 0 aliphatic rings. The average Bonchev–Trinajstić information content (AvgIpc) is 2.82. The van der Waals surface area contributed by atoms with Crippen molar-refractivity contribution in [3.63, 3.8) is 0 Å². The first-order chi connectivity index (χ1) is 9.15. The summed E-state index contributed by atoms with van der Waals surface area (Å²) in [7, 11) is 1.50.